The van der Waals surface area contributed by atoms with Gasteiger partial charge in [0.25, 0.3) is 0 Å². The average molecular weight is 195 g/mol. The molecule has 0 fully saturated rings. The maximum absolute atomic E-state index is 5.46. The van der Waals surface area contributed by atoms with Gasteiger partial charge in [0.1, 0.15) is 5.01 Å². The highest BCUT2D eigenvalue weighted by Crippen LogP contribution is 2.12. The molecule has 0 bridgehead atoms. The van der Waals surface area contributed by atoms with E-state index >= 15 is 0 Å². The minimum absolute atomic E-state index is 0.500. The zero-order valence-electron chi connectivity index (χ0n) is 7.14. The van der Waals surface area contributed by atoms with E-state index in [9.17, 15) is 0 Å². The van der Waals surface area contributed by atoms with Gasteiger partial charge in [-0.1, -0.05) is 11.3 Å². The fourth-order valence-electron chi connectivity index (χ4n) is 1.02. The van der Waals surface area contributed by atoms with Crippen LogP contribution in [0.5, 0.6) is 0 Å². The molecule has 2 aromatic rings. The molecular weight excluding hydrogens is 186 g/mol. The van der Waals surface area contributed by atoms with E-state index in [4.69, 9.17) is 5.73 Å². The van der Waals surface area contributed by atoms with E-state index in [1.165, 1.54) is 11.3 Å². The molecule has 2 N–H and O–H groups in total. The lowest BCUT2D eigenvalue weighted by atomic mass is 10.5. The Labute approximate surface area is 79.2 Å². The van der Waals surface area contributed by atoms with Crippen LogP contribution in [0, 0.1) is 6.92 Å². The fraction of sp³-hybridized carbons (Fsp3) is 0.286. The summed E-state index contributed by atoms with van der Waals surface area (Å²) < 4.78 is 1.86. The van der Waals surface area contributed by atoms with Gasteiger partial charge in [-0.2, -0.15) is 5.10 Å². The van der Waals surface area contributed by atoms with Crippen molar-refractivity contribution >= 4 is 16.5 Å². The number of rotatable bonds is 2. The molecule has 0 amide bonds. The van der Waals surface area contributed by atoms with Crippen LogP contribution in [-0.2, 0) is 6.54 Å². The van der Waals surface area contributed by atoms with Crippen LogP contribution in [0.2, 0.25) is 0 Å². The van der Waals surface area contributed by atoms with Gasteiger partial charge in [0.2, 0.25) is 5.13 Å². The van der Waals surface area contributed by atoms with Crippen molar-refractivity contribution < 1.29 is 0 Å². The van der Waals surface area contributed by atoms with Crippen molar-refractivity contribution in [2.75, 3.05) is 5.73 Å². The molecule has 2 aromatic heterocycles. The molecule has 0 saturated carbocycles. The Kier molecular flexibility index (Phi) is 1.97. The topological polar surface area (TPSA) is 69.6 Å². The van der Waals surface area contributed by atoms with Crippen LogP contribution in [0.3, 0.4) is 0 Å². The van der Waals surface area contributed by atoms with Crippen molar-refractivity contribution in [1.82, 2.24) is 20.0 Å². The fourth-order valence-corrected chi connectivity index (χ4v) is 1.61. The number of hydrogen-bond acceptors (Lipinski definition) is 5. The van der Waals surface area contributed by atoms with Crippen LogP contribution >= 0.6 is 11.3 Å². The third-order valence-electron chi connectivity index (χ3n) is 1.70. The predicted molar refractivity (Wildman–Crippen MR) is 50.4 cm³/mol. The molecular formula is C7H9N5S. The van der Waals surface area contributed by atoms with Crippen LogP contribution in [-0.4, -0.2) is 20.0 Å². The van der Waals surface area contributed by atoms with Gasteiger partial charge in [0, 0.05) is 11.9 Å². The summed E-state index contributed by atoms with van der Waals surface area (Å²) in [6.07, 6.45) is 1.76. The second-order valence-electron chi connectivity index (χ2n) is 2.66. The molecule has 0 spiro atoms. The molecule has 0 aliphatic heterocycles. The molecule has 0 aliphatic carbocycles. The SMILES string of the molecule is Cc1ccnn1Cc1nnc(N)s1. The zero-order chi connectivity index (χ0) is 9.26. The number of nitrogens with two attached hydrogens (primary N) is 1. The van der Waals surface area contributed by atoms with Crippen molar-refractivity contribution in [1.29, 1.82) is 0 Å². The lowest BCUT2D eigenvalue weighted by Crippen LogP contribution is -2.02. The summed E-state index contributed by atoms with van der Waals surface area (Å²) in [5.74, 6) is 0. The molecule has 0 unspecified atom stereocenters. The molecule has 2 heterocycles. The number of anilines is 1. The van der Waals surface area contributed by atoms with Gasteiger partial charge >= 0.3 is 0 Å². The highest BCUT2D eigenvalue weighted by atomic mass is 32.1. The summed E-state index contributed by atoms with van der Waals surface area (Å²) in [6, 6.07) is 1.95. The minimum Gasteiger partial charge on any atom is -0.374 e. The van der Waals surface area contributed by atoms with Crippen molar-refractivity contribution in [3.8, 4) is 0 Å². The summed E-state index contributed by atoms with van der Waals surface area (Å²) in [4.78, 5) is 0. The maximum atomic E-state index is 5.46. The molecule has 68 valence electrons. The Morgan fingerprint density at radius 1 is 1.54 bits per heavy atom. The lowest BCUT2D eigenvalue weighted by molar-refractivity contribution is 0.657. The Bertz CT molecular complexity index is 404. The molecule has 0 aromatic carbocycles. The minimum atomic E-state index is 0.500. The van der Waals surface area contributed by atoms with Gasteiger partial charge in [-0.3, -0.25) is 4.68 Å². The van der Waals surface area contributed by atoms with E-state index in [0.29, 0.717) is 11.7 Å². The van der Waals surface area contributed by atoms with Crippen LogP contribution in [0.25, 0.3) is 0 Å². The van der Waals surface area contributed by atoms with Crippen LogP contribution in [0.4, 0.5) is 5.13 Å². The van der Waals surface area contributed by atoms with E-state index in [0.717, 1.165) is 10.7 Å². The third kappa shape index (κ3) is 1.67. The van der Waals surface area contributed by atoms with E-state index in [2.05, 4.69) is 15.3 Å². The first-order valence-electron chi connectivity index (χ1n) is 3.82. The van der Waals surface area contributed by atoms with Crippen LogP contribution in [0.1, 0.15) is 10.7 Å². The van der Waals surface area contributed by atoms with Gasteiger partial charge in [-0.05, 0) is 13.0 Å². The first kappa shape index (κ1) is 8.18. The van der Waals surface area contributed by atoms with E-state index in [-0.39, 0.29) is 0 Å². The summed E-state index contributed by atoms with van der Waals surface area (Å²) in [6.45, 7) is 2.64. The summed E-state index contributed by atoms with van der Waals surface area (Å²) in [7, 11) is 0. The van der Waals surface area contributed by atoms with E-state index in [1.807, 2.05) is 17.7 Å². The van der Waals surface area contributed by atoms with Gasteiger partial charge in [0.05, 0.1) is 6.54 Å². The average Bonchev–Trinajstić information content (AvgIpc) is 2.64. The number of nitrogen functional groups attached to an aromatic ring is 1. The summed E-state index contributed by atoms with van der Waals surface area (Å²) in [5, 5.41) is 13.2. The molecule has 2 rings (SSSR count). The quantitative estimate of drug-likeness (QED) is 0.764. The molecule has 0 atom stereocenters. The molecule has 5 nitrogen and oxygen atoms in total. The highest BCUT2D eigenvalue weighted by molar-refractivity contribution is 7.15. The molecule has 0 aliphatic rings. The van der Waals surface area contributed by atoms with Gasteiger partial charge in [0.15, 0.2) is 0 Å². The van der Waals surface area contributed by atoms with Crippen molar-refractivity contribution in [2.24, 2.45) is 0 Å². The monoisotopic (exact) mass is 195 g/mol. The smallest absolute Gasteiger partial charge is 0.203 e. The van der Waals surface area contributed by atoms with Crippen molar-refractivity contribution in [2.45, 2.75) is 13.5 Å². The van der Waals surface area contributed by atoms with Crippen molar-refractivity contribution in [3.63, 3.8) is 0 Å². The second-order valence-corrected chi connectivity index (χ2v) is 3.76. The Morgan fingerprint density at radius 2 is 2.38 bits per heavy atom. The Balaban J connectivity index is 2.19. The molecule has 6 heteroatoms. The molecule has 0 radical (unpaired) electrons. The number of aromatic nitrogens is 4. The highest BCUT2D eigenvalue weighted by Gasteiger charge is 2.03. The summed E-state index contributed by atoms with van der Waals surface area (Å²) in [5.41, 5.74) is 6.57. The summed E-state index contributed by atoms with van der Waals surface area (Å²) >= 11 is 1.39. The first-order valence-corrected chi connectivity index (χ1v) is 4.63. The maximum Gasteiger partial charge on any atom is 0.203 e. The zero-order valence-corrected chi connectivity index (χ0v) is 7.95. The predicted octanol–water partition coefficient (Wildman–Crippen LogP) is 0.674. The van der Waals surface area contributed by atoms with Gasteiger partial charge < -0.3 is 5.73 Å². The molecule has 0 saturated heterocycles. The molecule has 13 heavy (non-hydrogen) atoms. The van der Waals surface area contributed by atoms with Gasteiger partial charge in [-0.15, -0.1) is 10.2 Å². The lowest BCUT2D eigenvalue weighted by Gasteiger charge is -1.98. The normalized spacial score (nSPS) is 10.5. The van der Waals surface area contributed by atoms with Gasteiger partial charge in [-0.25, -0.2) is 0 Å². The Morgan fingerprint density at radius 3 is 2.92 bits per heavy atom. The van der Waals surface area contributed by atoms with E-state index in [1.54, 1.807) is 6.20 Å². The van der Waals surface area contributed by atoms with Crippen LogP contribution < -0.4 is 5.73 Å². The standard InChI is InChI=1S/C7H9N5S/c1-5-2-3-9-12(5)4-6-10-11-7(8)13-6/h2-3H,4H2,1H3,(H2,8,11). The van der Waals surface area contributed by atoms with Crippen molar-refractivity contribution in [3.05, 3.63) is 23.0 Å². The second kappa shape index (κ2) is 3.14. The van der Waals surface area contributed by atoms with Crippen LogP contribution in [0.15, 0.2) is 12.3 Å². The van der Waals surface area contributed by atoms with E-state index < -0.39 is 0 Å². The largest absolute Gasteiger partial charge is 0.374 e. The number of aryl methyl sites for hydroxylation is 1. The first-order chi connectivity index (χ1) is 6.25. The number of hydrogen-bond donors (Lipinski definition) is 1. The number of nitrogens with zero attached hydrogens (tertiary/aromatic N) is 4. The third-order valence-corrected chi connectivity index (χ3v) is 2.43. The Hall–Kier alpha value is -1.43.